The third kappa shape index (κ3) is 6.94. The van der Waals surface area contributed by atoms with Crippen LogP contribution in [-0.2, 0) is 16.1 Å². The van der Waals surface area contributed by atoms with E-state index in [4.69, 9.17) is 11.6 Å². The summed E-state index contributed by atoms with van der Waals surface area (Å²) in [7, 11) is 0. The van der Waals surface area contributed by atoms with Gasteiger partial charge in [0.2, 0.25) is 11.8 Å². The van der Waals surface area contributed by atoms with Crippen molar-refractivity contribution in [3.8, 4) is 0 Å². The Hall–Kier alpha value is -2.53. The van der Waals surface area contributed by atoms with Crippen LogP contribution in [0.1, 0.15) is 32.8 Å². The summed E-state index contributed by atoms with van der Waals surface area (Å²) < 4.78 is 0. The average molecular weight is 388 g/mol. The molecule has 2 rings (SSSR count). The van der Waals surface area contributed by atoms with E-state index < -0.39 is 6.04 Å². The molecule has 0 saturated carbocycles. The zero-order valence-electron chi connectivity index (χ0n) is 15.9. The molecule has 0 aromatic heterocycles. The number of halogens is 1. The van der Waals surface area contributed by atoms with E-state index >= 15 is 0 Å². The van der Waals surface area contributed by atoms with Crippen molar-refractivity contribution < 1.29 is 9.59 Å². The van der Waals surface area contributed by atoms with E-state index in [-0.39, 0.29) is 11.8 Å². The largest absolute Gasteiger partial charge is 0.374 e. The van der Waals surface area contributed by atoms with E-state index in [0.717, 1.165) is 16.9 Å². The molecule has 5 nitrogen and oxygen atoms in total. The fourth-order valence-corrected chi connectivity index (χ4v) is 2.73. The Bertz CT molecular complexity index is 775. The lowest BCUT2D eigenvalue weighted by Crippen LogP contribution is -2.37. The van der Waals surface area contributed by atoms with Crippen molar-refractivity contribution in [3.63, 3.8) is 0 Å². The van der Waals surface area contributed by atoms with Gasteiger partial charge >= 0.3 is 0 Å². The second-order valence-electron chi connectivity index (χ2n) is 6.90. The van der Waals surface area contributed by atoms with Crippen molar-refractivity contribution in [2.45, 2.75) is 39.8 Å². The molecule has 0 saturated heterocycles. The SMILES string of the molecule is CC(C)CC(=O)Nc1ccc(NC(C)C(=O)NCc2ccccc2Cl)cc1. The first kappa shape index (κ1) is 20.8. The van der Waals surface area contributed by atoms with E-state index in [1.807, 2.05) is 56.3 Å². The molecule has 0 radical (unpaired) electrons. The van der Waals surface area contributed by atoms with Crippen LogP contribution >= 0.6 is 11.6 Å². The third-order valence-corrected chi connectivity index (χ3v) is 4.32. The first-order valence-corrected chi connectivity index (χ1v) is 9.40. The molecule has 2 amide bonds. The maximum atomic E-state index is 12.3. The van der Waals surface area contributed by atoms with Crippen LogP contribution in [0.15, 0.2) is 48.5 Å². The number of amides is 2. The molecule has 0 aliphatic rings. The summed E-state index contributed by atoms with van der Waals surface area (Å²) in [5, 5.41) is 9.51. The Labute approximate surface area is 165 Å². The standard InChI is InChI=1S/C21H26ClN3O2/c1-14(2)12-20(26)25-18-10-8-17(9-11-18)24-15(3)21(27)23-13-16-6-4-5-7-19(16)22/h4-11,14-15,24H,12-13H2,1-3H3,(H,23,27)(H,25,26). The lowest BCUT2D eigenvalue weighted by molar-refractivity contribution is -0.121. The minimum absolute atomic E-state index is 0.00183. The Morgan fingerprint density at radius 1 is 0.963 bits per heavy atom. The number of hydrogen-bond acceptors (Lipinski definition) is 3. The lowest BCUT2D eigenvalue weighted by Gasteiger charge is -2.16. The molecule has 0 aliphatic carbocycles. The molecule has 0 bridgehead atoms. The summed E-state index contributed by atoms with van der Waals surface area (Å²) in [6.45, 7) is 6.18. The van der Waals surface area contributed by atoms with E-state index in [9.17, 15) is 9.59 Å². The highest BCUT2D eigenvalue weighted by atomic mass is 35.5. The summed E-state index contributed by atoms with van der Waals surface area (Å²) in [6.07, 6.45) is 0.489. The van der Waals surface area contributed by atoms with Gasteiger partial charge in [-0.2, -0.15) is 0 Å². The van der Waals surface area contributed by atoms with Crippen LogP contribution < -0.4 is 16.0 Å². The van der Waals surface area contributed by atoms with Crippen molar-refractivity contribution in [1.82, 2.24) is 5.32 Å². The predicted molar refractivity (Wildman–Crippen MR) is 111 cm³/mol. The van der Waals surface area contributed by atoms with Crippen LogP contribution in [0.2, 0.25) is 5.02 Å². The fourth-order valence-electron chi connectivity index (χ4n) is 2.53. The first-order chi connectivity index (χ1) is 12.8. The summed E-state index contributed by atoms with van der Waals surface area (Å²) >= 11 is 6.10. The molecule has 6 heteroatoms. The smallest absolute Gasteiger partial charge is 0.242 e. The van der Waals surface area contributed by atoms with Crippen molar-refractivity contribution in [3.05, 3.63) is 59.1 Å². The van der Waals surface area contributed by atoms with Crippen molar-refractivity contribution >= 4 is 34.8 Å². The topological polar surface area (TPSA) is 70.2 Å². The first-order valence-electron chi connectivity index (χ1n) is 9.02. The summed E-state index contributed by atoms with van der Waals surface area (Å²) in [6, 6.07) is 14.3. The highest BCUT2D eigenvalue weighted by Crippen LogP contribution is 2.16. The van der Waals surface area contributed by atoms with Gasteiger partial charge < -0.3 is 16.0 Å². The van der Waals surface area contributed by atoms with Gasteiger partial charge in [0.25, 0.3) is 0 Å². The molecule has 0 fully saturated rings. The van der Waals surface area contributed by atoms with Gasteiger partial charge in [-0.1, -0.05) is 43.6 Å². The minimum Gasteiger partial charge on any atom is -0.374 e. The fraction of sp³-hybridized carbons (Fsp3) is 0.333. The Morgan fingerprint density at radius 2 is 1.59 bits per heavy atom. The van der Waals surface area contributed by atoms with E-state index in [1.54, 1.807) is 13.0 Å². The Kier molecular flexibility index (Phi) is 7.67. The van der Waals surface area contributed by atoms with Gasteiger partial charge in [-0.05, 0) is 48.7 Å². The number of hydrogen-bond donors (Lipinski definition) is 3. The van der Waals surface area contributed by atoms with Crippen molar-refractivity contribution in [2.24, 2.45) is 5.92 Å². The van der Waals surface area contributed by atoms with Gasteiger partial charge in [0.1, 0.15) is 6.04 Å². The summed E-state index contributed by atoms with van der Waals surface area (Å²) in [5.74, 6) is 0.193. The maximum Gasteiger partial charge on any atom is 0.242 e. The van der Waals surface area contributed by atoms with Gasteiger partial charge in [0.15, 0.2) is 0 Å². The highest BCUT2D eigenvalue weighted by Gasteiger charge is 2.13. The number of benzene rings is 2. The number of carbonyl (C=O) groups is 2. The van der Waals surface area contributed by atoms with Gasteiger partial charge in [-0.25, -0.2) is 0 Å². The van der Waals surface area contributed by atoms with E-state index in [1.165, 1.54) is 0 Å². The third-order valence-electron chi connectivity index (χ3n) is 3.95. The van der Waals surface area contributed by atoms with Crippen LogP contribution in [0.4, 0.5) is 11.4 Å². The van der Waals surface area contributed by atoms with Gasteiger partial charge in [-0.15, -0.1) is 0 Å². The van der Waals surface area contributed by atoms with Crippen LogP contribution in [0.3, 0.4) is 0 Å². The second-order valence-corrected chi connectivity index (χ2v) is 7.31. The predicted octanol–water partition coefficient (Wildman–Crippen LogP) is 4.44. The zero-order chi connectivity index (χ0) is 19.8. The van der Waals surface area contributed by atoms with E-state index in [2.05, 4.69) is 16.0 Å². The molecule has 0 spiro atoms. The number of nitrogens with one attached hydrogen (secondary N) is 3. The molecule has 27 heavy (non-hydrogen) atoms. The monoisotopic (exact) mass is 387 g/mol. The molecule has 2 aromatic rings. The zero-order valence-corrected chi connectivity index (χ0v) is 16.6. The molecule has 144 valence electrons. The second kappa shape index (κ2) is 9.97. The normalized spacial score (nSPS) is 11.7. The molecular formula is C21H26ClN3O2. The molecule has 3 N–H and O–H groups in total. The quantitative estimate of drug-likeness (QED) is 0.627. The van der Waals surface area contributed by atoms with Crippen LogP contribution in [0, 0.1) is 5.92 Å². The summed E-state index contributed by atoms with van der Waals surface area (Å²) in [4.78, 5) is 24.1. The molecule has 1 unspecified atom stereocenters. The molecule has 0 heterocycles. The van der Waals surface area contributed by atoms with Crippen LogP contribution in [0.25, 0.3) is 0 Å². The minimum atomic E-state index is -0.408. The molecule has 0 aliphatic heterocycles. The summed E-state index contributed by atoms with van der Waals surface area (Å²) in [5.41, 5.74) is 2.42. The van der Waals surface area contributed by atoms with Crippen LogP contribution in [0.5, 0.6) is 0 Å². The van der Waals surface area contributed by atoms with Gasteiger partial charge in [-0.3, -0.25) is 9.59 Å². The molecular weight excluding hydrogens is 362 g/mol. The maximum absolute atomic E-state index is 12.3. The average Bonchev–Trinajstić information content (AvgIpc) is 2.61. The van der Waals surface area contributed by atoms with Crippen molar-refractivity contribution in [2.75, 3.05) is 10.6 Å². The van der Waals surface area contributed by atoms with Crippen molar-refractivity contribution in [1.29, 1.82) is 0 Å². The van der Waals surface area contributed by atoms with Gasteiger partial charge in [0, 0.05) is 29.4 Å². The Balaban J connectivity index is 1.84. The number of carbonyl (C=O) groups excluding carboxylic acids is 2. The number of anilines is 2. The Morgan fingerprint density at radius 3 is 2.22 bits per heavy atom. The van der Waals surface area contributed by atoms with Crippen LogP contribution in [-0.4, -0.2) is 17.9 Å². The van der Waals surface area contributed by atoms with Gasteiger partial charge in [0.05, 0.1) is 0 Å². The molecule has 2 aromatic carbocycles. The lowest BCUT2D eigenvalue weighted by atomic mass is 10.1. The highest BCUT2D eigenvalue weighted by molar-refractivity contribution is 6.31. The molecule has 1 atom stereocenters. The number of rotatable bonds is 8. The van der Waals surface area contributed by atoms with E-state index in [0.29, 0.717) is 23.9 Å².